The maximum atomic E-state index is 12.3. The van der Waals surface area contributed by atoms with Crippen molar-refractivity contribution in [2.75, 3.05) is 32.7 Å². The van der Waals surface area contributed by atoms with Crippen molar-refractivity contribution in [2.24, 2.45) is 5.92 Å². The second kappa shape index (κ2) is 8.48. The molecule has 2 aliphatic rings. The Hall–Kier alpha value is -1.88. The minimum Gasteiger partial charge on any atom is -0.356 e. The van der Waals surface area contributed by atoms with Gasteiger partial charge < -0.3 is 10.2 Å². The standard InChI is InChI=1S/C20H29N3O2/c1-16-5-2-3-6-18(16)15-22-11-13-23(14-12-22)19(24)7-4-10-21-20(25)17-8-9-17/h2-3,5-6,17H,4,7-15H2,1H3,(H,21,25). The molecular formula is C20H29N3O2. The lowest BCUT2D eigenvalue weighted by atomic mass is 10.1. The van der Waals surface area contributed by atoms with Gasteiger partial charge in [-0.2, -0.15) is 0 Å². The zero-order valence-corrected chi connectivity index (χ0v) is 15.2. The van der Waals surface area contributed by atoms with Gasteiger partial charge >= 0.3 is 0 Å². The minimum atomic E-state index is 0.164. The number of carbonyl (C=O) groups is 2. The van der Waals surface area contributed by atoms with Gasteiger partial charge in [-0.25, -0.2) is 0 Å². The summed E-state index contributed by atoms with van der Waals surface area (Å²) >= 11 is 0. The Morgan fingerprint density at radius 3 is 2.52 bits per heavy atom. The summed E-state index contributed by atoms with van der Waals surface area (Å²) in [6.45, 7) is 7.20. The first-order chi connectivity index (χ1) is 12.1. The molecular weight excluding hydrogens is 314 g/mol. The molecule has 1 heterocycles. The van der Waals surface area contributed by atoms with Crippen LogP contribution in [0.3, 0.4) is 0 Å². The molecule has 0 spiro atoms. The normalized spacial score (nSPS) is 18.2. The van der Waals surface area contributed by atoms with Crippen LogP contribution in [0.4, 0.5) is 0 Å². The molecule has 2 fully saturated rings. The van der Waals surface area contributed by atoms with Crippen molar-refractivity contribution in [3.05, 3.63) is 35.4 Å². The SMILES string of the molecule is Cc1ccccc1CN1CCN(C(=O)CCCNC(=O)C2CC2)CC1. The number of hydrogen-bond donors (Lipinski definition) is 1. The van der Waals surface area contributed by atoms with Gasteiger partial charge in [-0.05, 0) is 37.3 Å². The molecule has 5 heteroatoms. The van der Waals surface area contributed by atoms with Crippen LogP contribution < -0.4 is 5.32 Å². The first-order valence-corrected chi connectivity index (χ1v) is 9.46. The number of nitrogens with zero attached hydrogens (tertiary/aromatic N) is 2. The van der Waals surface area contributed by atoms with Gasteiger partial charge in [-0.15, -0.1) is 0 Å². The third kappa shape index (κ3) is 5.30. The third-order valence-electron chi connectivity index (χ3n) is 5.19. The van der Waals surface area contributed by atoms with E-state index in [1.165, 1.54) is 11.1 Å². The van der Waals surface area contributed by atoms with Crippen LogP contribution in [0, 0.1) is 12.8 Å². The number of rotatable bonds is 7. The lowest BCUT2D eigenvalue weighted by molar-refractivity contribution is -0.133. The number of hydrogen-bond acceptors (Lipinski definition) is 3. The molecule has 25 heavy (non-hydrogen) atoms. The van der Waals surface area contributed by atoms with E-state index in [2.05, 4.69) is 41.4 Å². The van der Waals surface area contributed by atoms with E-state index in [9.17, 15) is 9.59 Å². The lowest BCUT2D eigenvalue weighted by Gasteiger charge is -2.35. The minimum absolute atomic E-state index is 0.164. The Bertz CT molecular complexity index is 605. The average molecular weight is 343 g/mol. The summed E-state index contributed by atoms with van der Waals surface area (Å²) in [5, 5.41) is 2.92. The van der Waals surface area contributed by atoms with Crippen LogP contribution in [0.5, 0.6) is 0 Å². The maximum Gasteiger partial charge on any atom is 0.223 e. The van der Waals surface area contributed by atoms with Crippen LogP contribution in [0.25, 0.3) is 0 Å². The average Bonchev–Trinajstić information content (AvgIpc) is 3.46. The second-order valence-electron chi connectivity index (χ2n) is 7.25. The van der Waals surface area contributed by atoms with Crippen LogP contribution in [0.2, 0.25) is 0 Å². The van der Waals surface area contributed by atoms with Crippen molar-refractivity contribution >= 4 is 11.8 Å². The van der Waals surface area contributed by atoms with Crippen LogP contribution in [0.15, 0.2) is 24.3 Å². The summed E-state index contributed by atoms with van der Waals surface area (Å²) in [6, 6.07) is 8.49. The summed E-state index contributed by atoms with van der Waals surface area (Å²) in [4.78, 5) is 28.2. The highest BCUT2D eigenvalue weighted by atomic mass is 16.2. The topological polar surface area (TPSA) is 52.6 Å². The van der Waals surface area contributed by atoms with E-state index in [4.69, 9.17) is 0 Å². The molecule has 1 aliphatic carbocycles. The molecule has 5 nitrogen and oxygen atoms in total. The third-order valence-corrected chi connectivity index (χ3v) is 5.19. The van der Waals surface area contributed by atoms with E-state index in [-0.39, 0.29) is 17.7 Å². The predicted molar refractivity (Wildman–Crippen MR) is 98.0 cm³/mol. The van der Waals surface area contributed by atoms with Crippen LogP contribution in [-0.4, -0.2) is 54.3 Å². The zero-order valence-electron chi connectivity index (χ0n) is 15.2. The number of nitrogens with one attached hydrogen (secondary N) is 1. The molecule has 3 rings (SSSR count). The molecule has 0 unspecified atom stereocenters. The van der Waals surface area contributed by atoms with Gasteiger partial charge in [-0.3, -0.25) is 14.5 Å². The molecule has 136 valence electrons. The van der Waals surface area contributed by atoms with E-state index in [0.717, 1.165) is 52.0 Å². The summed E-state index contributed by atoms with van der Waals surface area (Å²) < 4.78 is 0. The summed E-state index contributed by atoms with van der Waals surface area (Å²) in [5.41, 5.74) is 2.70. The van der Waals surface area contributed by atoms with Gasteiger partial charge in [0.2, 0.25) is 11.8 Å². The number of carbonyl (C=O) groups excluding carboxylic acids is 2. The first kappa shape index (κ1) is 17.9. The lowest BCUT2D eigenvalue weighted by Crippen LogP contribution is -2.48. The van der Waals surface area contributed by atoms with E-state index in [0.29, 0.717) is 13.0 Å². The zero-order chi connectivity index (χ0) is 17.6. The van der Waals surface area contributed by atoms with Crippen LogP contribution in [-0.2, 0) is 16.1 Å². The van der Waals surface area contributed by atoms with E-state index < -0.39 is 0 Å². The fraction of sp³-hybridized carbons (Fsp3) is 0.600. The van der Waals surface area contributed by atoms with Crippen LogP contribution >= 0.6 is 0 Å². The molecule has 1 aromatic carbocycles. The van der Waals surface area contributed by atoms with E-state index >= 15 is 0 Å². The summed E-state index contributed by atoms with van der Waals surface area (Å²) in [6.07, 6.45) is 3.32. The van der Waals surface area contributed by atoms with Crippen molar-refractivity contribution in [2.45, 2.75) is 39.2 Å². The van der Waals surface area contributed by atoms with Crippen molar-refractivity contribution < 1.29 is 9.59 Å². The molecule has 2 amide bonds. The second-order valence-corrected chi connectivity index (χ2v) is 7.25. The smallest absolute Gasteiger partial charge is 0.223 e. The van der Waals surface area contributed by atoms with Gasteiger partial charge in [-0.1, -0.05) is 24.3 Å². The Morgan fingerprint density at radius 1 is 1.12 bits per heavy atom. The fourth-order valence-electron chi connectivity index (χ4n) is 3.28. The number of benzene rings is 1. The predicted octanol–water partition coefficient (Wildman–Crippen LogP) is 1.95. The molecule has 1 N–H and O–H groups in total. The quantitative estimate of drug-likeness (QED) is 0.770. The Morgan fingerprint density at radius 2 is 1.84 bits per heavy atom. The van der Waals surface area contributed by atoms with Gasteiger partial charge in [0, 0.05) is 51.6 Å². The van der Waals surface area contributed by atoms with Gasteiger partial charge in [0.25, 0.3) is 0 Å². The molecule has 1 saturated heterocycles. The summed E-state index contributed by atoms with van der Waals surface area (Å²) in [7, 11) is 0. The van der Waals surface area contributed by atoms with Crippen LogP contribution in [0.1, 0.15) is 36.8 Å². The fourth-order valence-corrected chi connectivity index (χ4v) is 3.28. The maximum absolute atomic E-state index is 12.3. The molecule has 0 aromatic heterocycles. The monoisotopic (exact) mass is 343 g/mol. The van der Waals surface area contributed by atoms with Crippen molar-refractivity contribution in [3.8, 4) is 0 Å². The van der Waals surface area contributed by atoms with Gasteiger partial charge in [0.15, 0.2) is 0 Å². The Labute approximate surface area is 150 Å². The van der Waals surface area contributed by atoms with Crippen molar-refractivity contribution in [3.63, 3.8) is 0 Å². The Kier molecular flexibility index (Phi) is 6.08. The number of piperazine rings is 1. The largest absolute Gasteiger partial charge is 0.356 e. The van der Waals surface area contributed by atoms with Crippen molar-refractivity contribution in [1.82, 2.24) is 15.1 Å². The van der Waals surface area contributed by atoms with Gasteiger partial charge in [0.05, 0.1) is 0 Å². The van der Waals surface area contributed by atoms with E-state index in [1.807, 2.05) is 4.90 Å². The molecule has 1 aliphatic heterocycles. The molecule has 1 saturated carbocycles. The molecule has 0 atom stereocenters. The first-order valence-electron chi connectivity index (χ1n) is 9.46. The molecule has 0 bridgehead atoms. The Balaban J connectivity index is 1.33. The van der Waals surface area contributed by atoms with Gasteiger partial charge in [0.1, 0.15) is 0 Å². The highest BCUT2D eigenvalue weighted by Crippen LogP contribution is 2.28. The molecule has 0 radical (unpaired) electrons. The van der Waals surface area contributed by atoms with Crippen molar-refractivity contribution in [1.29, 1.82) is 0 Å². The number of aryl methyl sites for hydroxylation is 1. The number of amides is 2. The summed E-state index contributed by atoms with van der Waals surface area (Å²) in [5.74, 6) is 0.630. The van der Waals surface area contributed by atoms with E-state index in [1.54, 1.807) is 0 Å². The molecule has 1 aromatic rings. The highest BCUT2D eigenvalue weighted by molar-refractivity contribution is 5.81. The highest BCUT2D eigenvalue weighted by Gasteiger charge is 2.29.